The molecule has 5 rings (SSSR count). The lowest BCUT2D eigenvalue weighted by atomic mass is 9.61. The SMILES string of the molecule is Brc1cccc2c1-c1ccccc1C2(C1=CCCC=C1)C1C=CC=CC1. The summed E-state index contributed by atoms with van der Waals surface area (Å²) in [5, 5.41) is 0. The van der Waals surface area contributed by atoms with Crippen molar-refractivity contribution in [2.45, 2.75) is 24.7 Å². The molecule has 0 amide bonds. The number of rotatable bonds is 2. The van der Waals surface area contributed by atoms with Crippen LogP contribution >= 0.6 is 15.9 Å². The Morgan fingerprint density at radius 1 is 0.885 bits per heavy atom. The zero-order valence-corrected chi connectivity index (χ0v) is 16.2. The lowest BCUT2D eigenvalue weighted by Gasteiger charge is -2.41. The van der Waals surface area contributed by atoms with Gasteiger partial charge in [-0.1, -0.05) is 94.9 Å². The molecule has 0 saturated heterocycles. The first-order chi connectivity index (χ1) is 12.8. The molecule has 0 saturated carbocycles. The van der Waals surface area contributed by atoms with Crippen molar-refractivity contribution in [1.29, 1.82) is 0 Å². The van der Waals surface area contributed by atoms with E-state index < -0.39 is 0 Å². The van der Waals surface area contributed by atoms with Gasteiger partial charge in [0.25, 0.3) is 0 Å². The third-order valence-corrected chi connectivity index (χ3v) is 6.71. The molecule has 0 bridgehead atoms. The van der Waals surface area contributed by atoms with Crippen molar-refractivity contribution in [3.8, 4) is 11.1 Å². The molecule has 3 aliphatic rings. The quantitative estimate of drug-likeness (QED) is 0.502. The van der Waals surface area contributed by atoms with Crippen molar-refractivity contribution in [3.63, 3.8) is 0 Å². The van der Waals surface area contributed by atoms with E-state index in [1.807, 2.05) is 0 Å². The average molecular weight is 401 g/mol. The standard InChI is InChI=1S/C25H21Br/c26-23-17-9-16-22-24(23)20-14-7-8-15-21(20)25(22,18-10-3-1-4-11-18)19-12-5-2-6-13-19/h1,3-5,7-10,12-18H,2,6,11H2. The first-order valence-electron chi connectivity index (χ1n) is 9.43. The Labute approximate surface area is 163 Å². The lowest BCUT2D eigenvalue weighted by molar-refractivity contribution is 0.454. The van der Waals surface area contributed by atoms with Crippen molar-refractivity contribution in [2.24, 2.45) is 5.92 Å². The molecule has 0 aromatic heterocycles. The Hall–Kier alpha value is -2.12. The molecule has 0 spiro atoms. The third-order valence-electron chi connectivity index (χ3n) is 6.05. The number of fused-ring (bicyclic) bond motifs is 3. The van der Waals surface area contributed by atoms with E-state index >= 15 is 0 Å². The van der Waals surface area contributed by atoms with Gasteiger partial charge in [0.15, 0.2) is 0 Å². The normalized spacial score (nSPS) is 25.7. The average Bonchev–Trinajstić information content (AvgIpc) is 3.02. The molecule has 0 aliphatic heterocycles. The van der Waals surface area contributed by atoms with Crippen molar-refractivity contribution in [1.82, 2.24) is 0 Å². The van der Waals surface area contributed by atoms with E-state index in [0.29, 0.717) is 5.92 Å². The molecule has 2 aromatic carbocycles. The van der Waals surface area contributed by atoms with E-state index in [2.05, 4.69) is 101 Å². The van der Waals surface area contributed by atoms with Crippen LogP contribution in [0, 0.1) is 5.92 Å². The molecule has 2 atom stereocenters. The molecule has 0 heterocycles. The van der Waals surface area contributed by atoms with Crippen LogP contribution in [-0.2, 0) is 5.41 Å². The highest BCUT2D eigenvalue weighted by Gasteiger charge is 2.50. The number of halogens is 1. The number of hydrogen-bond acceptors (Lipinski definition) is 0. The highest BCUT2D eigenvalue weighted by atomic mass is 79.9. The second-order valence-corrected chi connectivity index (χ2v) is 8.16. The van der Waals surface area contributed by atoms with Crippen LogP contribution in [0.3, 0.4) is 0 Å². The van der Waals surface area contributed by atoms with Gasteiger partial charge in [0.1, 0.15) is 0 Å². The maximum Gasteiger partial charge on any atom is 0.0526 e. The molecular weight excluding hydrogens is 380 g/mol. The van der Waals surface area contributed by atoms with Gasteiger partial charge in [0, 0.05) is 10.0 Å². The van der Waals surface area contributed by atoms with E-state index in [0.717, 1.165) is 19.3 Å². The van der Waals surface area contributed by atoms with Crippen LogP contribution in [-0.4, -0.2) is 0 Å². The monoisotopic (exact) mass is 400 g/mol. The van der Waals surface area contributed by atoms with E-state index in [9.17, 15) is 0 Å². The smallest absolute Gasteiger partial charge is 0.0526 e. The van der Waals surface area contributed by atoms with Gasteiger partial charge in [-0.3, -0.25) is 0 Å². The molecule has 2 aromatic rings. The highest BCUT2D eigenvalue weighted by Crippen LogP contribution is 2.60. The third kappa shape index (κ3) is 2.13. The van der Waals surface area contributed by atoms with Gasteiger partial charge in [-0.2, -0.15) is 0 Å². The van der Waals surface area contributed by atoms with Crippen LogP contribution in [0.1, 0.15) is 30.4 Å². The zero-order chi connectivity index (χ0) is 17.6. The van der Waals surface area contributed by atoms with Gasteiger partial charge >= 0.3 is 0 Å². The molecule has 26 heavy (non-hydrogen) atoms. The van der Waals surface area contributed by atoms with Crippen LogP contribution in [0.5, 0.6) is 0 Å². The molecule has 0 N–H and O–H groups in total. The summed E-state index contributed by atoms with van der Waals surface area (Å²) in [5.41, 5.74) is 6.98. The van der Waals surface area contributed by atoms with Crippen LogP contribution in [0.2, 0.25) is 0 Å². The molecule has 0 fully saturated rings. The molecule has 0 radical (unpaired) electrons. The summed E-state index contributed by atoms with van der Waals surface area (Å²) in [6.07, 6.45) is 19.7. The van der Waals surface area contributed by atoms with Crippen molar-refractivity contribution in [2.75, 3.05) is 0 Å². The molecule has 2 unspecified atom stereocenters. The van der Waals surface area contributed by atoms with Crippen LogP contribution < -0.4 is 0 Å². The second kappa shape index (κ2) is 6.25. The minimum Gasteiger partial charge on any atom is -0.0839 e. The fourth-order valence-electron chi connectivity index (χ4n) is 5.05. The minimum atomic E-state index is -0.103. The van der Waals surface area contributed by atoms with Crippen LogP contribution in [0.25, 0.3) is 11.1 Å². The van der Waals surface area contributed by atoms with Crippen LogP contribution in [0.4, 0.5) is 0 Å². The Bertz CT molecular complexity index is 989. The van der Waals surface area contributed by atoms with Gasteiger partial charge in [-0.05, 0) is 53.5 Å². The fourth-order valence-corrected chi connectivity index (χ4v) is 5.63. The Morgan fingerprint density at radius 3 is 2.58 bits per heavy atom. The van der Waals surface area contributed by atoms with E-state index in [4.69, 9.17) is 0 Å². The Morgan fingerprint density at radius 2 is 1.77 bits per heavy atom. The summed E-state index contributed by atoms with van der Waals surface area (Å²) in [6.45, 7) is 0. The molecular formula is C25H21Br. The highest BCUT2D eigenvalue weighted by molar-refractivity contribution is 9.10. The van der Waals surface area contributed by atoms with Gasteiger partial charge in [0.05, 0.1) is 5.41 Å². The fraction of sp³-hybridized carbons (Fsp3) is 0.200. The Kier molecular flexibility index (Phi) is 3.86. The number of hydrogen-bond donors (Lipinski definition) is 0. The van der Waals surface area contributed by atoms with Gasteiger partial charge in [0.2, 0.25) is 0 Å². The first kappa shape index (κ1) is 16.1. The molecule has 128 valence electrons. The molecule has 1 heteroatoms. The van der Waals surface area contributed by atoms with Crippen LogP contribution in [0.15, 0.2) is 95.0 Å². The maximum absolute atomic E-state index is 3.85. The van der Waals surface area contributed by atoms with Crippen molar-refractivity contribution >= 4 is 15.9 Å². The zero-order valence-electron chi connectivity index (χ0n) is 14.7. The van der Waals surface area contributed by atoms with Gasteiger partial charge in [-0.25, -0.2) is 0 Å². The number of allylic oxidation sites excluding steroid dienone is 8. The predicted molar refractivity (Wildman–Crippen MR) is 113 cm³/mol. The van der Waals surface area contributed by atoms with Gasteiger partial charge in [-0.15, -0.1) is 0 Å². The Balaban J connectivity index is 1.89. The lowest BCUT2D eigenvalue weighted by Crippen LogP contribution is -2.36. The second-order valence-electron chi connectivity index (χ2n) is 7.31. The van der Waals surface area contributed by atoms with E-state index in [1.165, 1.54) is 32.3 Å². The van der Waals surface area contributed by atoms with E-state index in [1.54, 1.807) is 0 Å². The predicted octanol–water partition coefficient (Wildman–Crippen LogP) is 7.12. The largest absolute Gasteiger partial charge is 0.0839 e. The van der Waals surface area contributed by atoms with E-state index in [-0.39, 0.29) is 5.41 Å². The topological polar surface area (TPSA) is 0 Å². The summed E-state index contributed by atoms with van der Waals surface area (Å²) < 4.78 is 1.19. The van der Waals surface area contributed by atoms with Crippen molar-refractivity contribution in [3.05, 3.63) is 106 Å². The summed E-state index contributed by atoms with van der Waals surface area (Å²) in [5.74, 6) is 0.429. The summed E-state index contributed by atoms with van der Waals surface area (Å²) >= 11 is 3.85. The summed E-state index contributed by atoms with van der Waals surface area (Å²) in [6, 6.07) is 15.7. The first-order valence-corrected chi connectivity index (χ1v) is 10.2. The number of benzene rings is 2. The van der Waals surface area contributed by atoms with Crippen molar-refractivity contribution < 1.29 is 0 Å². The summed E-state index contributed by atoms with van der Waals surface area (Å²) in [7, 11) is 0. The maximum atomic E-state index is 3.85. The molecule has 0 nitrogen and oxygen atoms in total. The van der Waals surface area contributed by atoms with Gasteiger partial charge < -0.3 is 0 Å². The minimum absolute atomic E-state index is 0.103. The molecule has 3 aliphatic carbocycles. The summed E-state index contributed by atoms with van der Waals surface area (Å²) in [4.78, 5) is 0.